The SMILES string of the molecule is CCC(C)(C)NS(=O)(=O)c1ccccc1S(N)(=O)=O. The highest BCUT2D eigenvalue weighted by atomic mass is 32.2. The van der Waals surface area contributed by atoms with Crippen molar-refractivity contribution in [3.8, 4) is 0 Å². The van der Waals surface area contributed by atoms with E-state index in [9.17, 15) is 16.8 Å². The predicted molar refractivity (Wildman–Crippen MR) is 72.5 cm³/mol. The van der Waals surface area contributed by atoms with E-state index in [2.05, 4.69) is 4.72 Å². The third kappa shape index (κ3) is 4.00. The van der Waals surface area contributed by atoms with Crippen LogP contribution in [0.25, 0.3) is 0 Å². The van der Waals surface area contributed by atoms with Gasteiger partial charge in [0.1, 0.15) is 9.79 Å². The zero-order valence-electron chi connectivity index (χ0n) is 11.0. The Morgan fingerprint density at radius 3 is 2.00 bits per heavy atom. The third-order valence-electron chi connectivity index (χ3n) is 2.74. The van der Waals surface area contributed by atoms with Crippen molar-refractivity contribution in [2.45, 2.75) is 42.5 Å². The molecule has 0 aromatic heterocycles. The lowest BCUT2D eigenvalue weighted by Crippen LogP contribution is -2.43. The van der Waals surface area contributed by atoms with Crippen LogP contribution < -0.4 is 9.86 Å². The van der Waals surface area contributed by atoms with Gasteiger partial charge in [-0.2, -0.15) is 0 Å². The molecule has 1 rings (SSSR count). The van der Waals surface area contributed by atoms with Crippen molar-refractivity contribution in [3.63, 3.8) is 0 Å². The second-order valence-electron chi connectivity index (χ2n) is 4.83. The molecule has 0 fully saturated rings. The van der Waals surface area contributed by atoms with Gasteiger partial charge in [0.05, 0.1) is 0 Å². The van der Waals surface area contributed by atoms with Gasteiger partial charge in [0.2, 0.25) is 20.0 Å². The summed E-state index contributed by atoms with van der Waals surface area (Å²) >= 11 is 0. The first-order chi connectivity index (χ1) is 8.49. The maximum absolute atomic E-state index is 12.2. The zero-order valence-corrected chi connectivity index (χ0v) is 12.7. The van der Waals surface area contributed by atoms with E-state index in [1.54, 1.807) is 13.8 Å². The van der Waals surface area contributed by atoms with Gasteiger partial charge in [0.25, 0.3) is 0 Å². The van der Waals surface area contributed by atoms with Crippen molar-refractivity contribution in [1.82, 2.24) is 4.72 Å². The Bertz CT molecular complexity index is 664. The van der Waals surface area contributed by atoms with Crippen LogP contribution in [0.2, 0.25) is 0 Å². The summed E-state index contributed by atoms with van der Waals surface area (Å²) in [7, 11) is -8.05. The number of benzene rings is 1. The molecule has 0 saturated carbocycles. The molecule has 0 spiro atoms. The minimum absolute atomic E-state index is 0.334. The Labute approximate surface area is 114 Å². The highest BCUT2D eigenvalue weighted by molar-refractivity contribution is 7.92. The Hall–Kier alpha value is -0.960. The Kier molecular flexibility index (Phi) is 4.40. The van der Waals surface area contributed by atoms with Gasteiger partial charge in [-0.05, 0) is 32.4 Å². The molecule has 108 valence electrons. The Balaban J connectivity index is 3.39. The fourth-order valence-corrected chi connectivity index (χ4v) is 4.26. The number of primary sulfonamides is 1. The lowest BCUT2D eigenvalue weighted by atomic mass is 10.0. The molecule has 3 N–H and O–H groups in total. The van der Waals surface area contributed by atoms with Gasteiger partial charge in [-0.3, -0.25) is 0 Å². The van der Waals surface area contributed by atoms with Gasteiger partial charge in [-0.25, -0.2) is 26.7 Å². The van der Waals surface area contributed by atoms with E-state index < -0.39 is 30.5 Å². The van der Waals surface area contributed by atoms with E-state index in [1.807, 2.05) is 6.92 Å². The van der Waals surface area contributed by atoms with Crippen LogP contribution in [0.4, 0.5) is 0 Å². The summed E-state index contributed by atoms with van der Waals surface area (Å²) in [5.41, 5.74) is -0.676. The summed E-state index contributed by atoms with van der Waals surface area (Å²) in [5, 5.41) is 5.03. The number of sulfonamides is 2. The average Bonchev–Trinajstić information content (AvgIpc) is 2.27. The van der Waals surface area contributed by atoms with Crippen molar-refractivity contribution in [3.05, 3.63) is 24.3 Å². The van der Waals surface area contributed by atoms with Gasteiger partial charge in [0.15, 0.2) is 0 Å². The molecule has 0 radical (unpaired) electrons. The van der Waals surface area contributed by atoms with Crippen molar-refractivity contribution >= 4 is 20.0 Å². The molecular weight excluding hydrogens is 288 g/mol. The van der Waals surface area contributed by atoms with Crippen LogP contribution in [-0.4, -0.2) is 22.4 Å². The van der Waals surface area contributed by atoms with E-state index >= 15 is 0 Å². The molecule has 0 heterocycles. The first-order valence-corrected chi connectivity index (χ1v) is 8.68. The van der Waals surface area contributed by atoms with Gasteiger partial charge >= 0.3 is 0 Å². The topological polar surface area (TPSA) is 106 Å². The van der Waals surface area contributed by atoms with Crippen LogP contribution in [0.15, 0.2) is 34.1 Å². The molecule has 0 aliphatic heterocycles. The van der Waals surface area contributed by atoms with Gasteiger partial charge in [-0.1, -0.05) is 19.1 Å². The average molecular weight is 306 g/mol. The fourth-order valence-electron chi connectivity index (χ4n) is 1.40. The number of nitrogens with one attached hydrogen (secondary N) is 1. The van der Waals surface area contributed by atoms with Crippen molar-refractivity contribution in [1.29, 1.82) is 0 Å². The lowest BCUT2D eigenvalue weighted by Gasteiger charge is -2.24. The Morgan fingerprint density at radius 2 is 1.58 bits per heavy atom. The molecule has 0 aliphatic rings. The van der Waals surface area contributed by atoms with Crippen LogP contribution in [0.3, 0.4) is 0 Å². The molecule has 0 saturated heterocycles. The summed E-state index contributed by atoms with van der Waals surface area (Å²) in [5.74, 6) is 0. The normalized spacial score (nSPS) is 13.5. The summed E-state index contributed by atoms with van der Waals surface area (Å²) in [4.78, 5) is -0.742. The summed E-state index contributed by atoms with van der Waals surface area (Å²) < 4.78 is 49.8. The maximum Gasteiger partial charge on any atom is 0.242 e. The molecule has 0 amide bonds. The minimum Gasteiger partial charge on any atom is -0.225 e. The lowest BCUT2D eigenvalue weighted by molar-refractivity contribution is 0.438. The number of hydrogen-bond acceptors (Lipinski definition) is 4. The van der Waals surface area contributed by atoms with Crippen LogP contribution >= 0.6 is 0 Å². The molecular formula is C11H18N2O4S2. The van der Waals surface area contributed by atoms with Crippen LogP contribution in [0, 0.1) is 0 Å². The molecule has 1 aromatic rings. The van der Waals surface area contributed by atoms with Crippen LogP contribution in [-0.2, 0) is 20.0 Å². The minimum atomic E-state index is -4.10. The van der Waals surface area contributed by atoms with E-state index in [1.165, 1.54) is 24.3 Å². The van der Waals surface area contributed by atoms with Crippen molar-refractivity contribution in [2.24, 2.45) is 5.14 Å². The second kappa shape index (κ2) is 5.20. The first kappa shape index (κ1) is 16.1. The summed E-state index contributed by atoms with van der Waals surface area (Å²) in [6.07, 6.45) is 0.559. The van der Waals surface area contributed by atoms with Gasteiger partial charge < -0.3 is 0 Å². The van der Waals surface area contributed by atoms with E-state index in [4.69, 9.17) is 5.14 Å². The number of hydrogen-bond donors (Lipinski definition) is 2. The van der Waals surface area contributed by atoms with E-state index in [0.717, 1.165) is 0 Å². The standard InChI is InChI=1S/C11H18N2O4S2/c1-4-11(2,3)13-19(16,17)10-8-6-5-7-9(10)18(12,14)15/h5-8,13H,4H2,1-3H3,(H2,12,14,15). The largest absolute Gasteiger partial charge is 0.242 e. The Morgan fingerprint density at radius 1 is 1.11 bits per heavy atom. The molecule has 0 unspecified atom stereocenters. The van der Waals surface area contributed by atoms with Crippen LogP contribution in [0.1, 0.15) is 27.2 Å². The monoisotopic (exact) mass is 306 g/mol. The molecule has 1 aromatic carbocycles. The molecule has 8 heteroatoms. The molecule has 6 nitrogen and oxygen atoms in total. The van der Waals surface area contributed by atoms with Crippen molar-refractivity contribution < 1.29 is 16.8 Å². The van der Waals surface area contributed by atoms with Gasteiger partial charge in [-0.15, -0.1) is 0 Å². The van der Waals surface area contributed by atoms with Crippen LogP contribution in [0.5, 0.6) is 0 Å². The fraction of sp³-hybridized carbons (Fsp3) is 0.455. The molecule has 19 heavy (non-hydrogen) atoms. The molecule has 0 bridgehead atoms. The zero-order chi connectivity index (χ0) is 14.9. The highest BCUT2D eigenvalue weighted by Gasteiger charge is 2.28. The molecule has 0 aliphatic carbocycles. The number of rotatable bonds is 5. The van der Waals surface area contributed by atoms with E-state index in [-0.39, 0.29) is 4.90 Å². The summed E-state index contributed by atoms with van der Waals surface area (Å²) in [6, 6.07) is 5.25. The first-order valence-electron chi connectivity index (χ1n) is 5.65. The predicted octanol–water partition coefficient (Wildman–Crippen LogP) is 0.801. The maximum atomic E-state index is 12.2. The molecule has 0 atom stereocenters. The quantitative estimate of drug-likeness (QED) is 0.839. The second-order valence-corrected chi connectivity index (χ2v) is 8.02. The van der Waals surface area contributed by atoms with E-state index in [0.29, 0.717) is 6.42 Å². The van der Waals surface area contributed by atoms with Crippen molar-refractivity contribution in [2.75, 3.05) is 0 Å². The smallest absolute Gasteiger partial charge is 0.225 e. The number of nitrogens with two attached hydrogens (primary N) is 1. The van der Waals surface area contributed by atoms with Gasteiger partial charge in [0, 0.05) is 5.54 Å². The highest BCUT2D eigenvalue weighted by Crippen LogP contribution is 2.21. The third-order valence-corrected chi connectivity index (χ3v) is 5.59. The summed E-state index contributed by atoms with van der Waals surface area (Å²) in [6.45, 7) is 5.25.